The van der Waals surface area contributed by atoms with Crippen LogP contribution in [0.15, 0.2) is 23.1 Å². The third kappa shape index (κ3) is 2.26. The molecule has 1 amide bonds. The third-order valence-corrected chi connectivity index (χ3v) is 3.87. The number of carbonyl (C=O) groups excluding carboxylic acids is 1. The molecule has 5 nitrogen and oxygen atoms in total. The van der Waals surface area contributed by atoms with Crippen molar-refractivity contribution in [2.45, 2.75) is 24.7 Å². The number of carbonyl (C=O) groups is 1. The number of hydrogen-bond donors (Lipinski definition) is 1. The minimum atomic E-state index is -3.65. The molecule has 0 bridgehead atoms. The summed E-state index contributed by atoms with van der Waals surface area (Å²) in [7, 11) is -3.65. The molecule has 1 aliphatic heterocycles. The normalized spacial score (nSPS) is 16.4. The summed E-state index contributed by atoms with van der Waals surface area (Å²) in [5.74, 6) is -0.0783. The van der Waals surface area contributed by atoms with Crippen LogP contribution >= 0.6 is 0 Å². The minimum Gasteiger partial charge on any atom is -0.494 e. The van der Waals surface area contributed by atoms with Gasteiger partial charge >= 0.3 is 0 Å². The summed E-state index contributed by atoms with van der Waals surface area (Å²) in [6.07, 6.45) is 1.93. The van der Waals surface area contributed by atoms with Crippen molar-refractivity contribution in [3.63, 3.8) is 0 Å². The zero-order valence-electron chi connectivity index (χ0n) is 9.39. The van der Waals surface area contributed by atoms with Gasteiger partial charge in [0.2, 0.25) is 0 Å². The lowest BCUT2D eigenvalue weighted by Gasteiger charge is -2.05. The van der Waals surface area contributed by atoms with Gasteiger partial charge in [-0.1, -0.05) is 13.3 Å². The molecule has 0 aliphatic carbocycles. The second kappa shape index (κ2) is 4.37. The molecule has 0 saturated carbocycles. The standard InChI is InChI=1S/C11H13NO4S/c1-2-3-6-16-8-4-5-10-9(7-8)11(13)12-17(10,14)15/h4-5,7H,2-3,6H2,1H3,(H,12,13). The maximum Gasteiger partial charge on any atom is 0.266 e. The van der Waals surface area contributed by atoms with Gasteiger partial charge in [0, 0.05) is 0 Å². The first-order chi connectivity index (χ1) is 8.04. The van der Waals surface area contributed by atoms with Crippen LogP contribution in [0.1, 0.15) is 30.1 Å². The Morgan fingerprint density at radius 2 is 2.12 bits per heavy atom. The Balaban J connectivity index is 2.27. The Kier molecular flexibility index (Phi) is 3.06. The van der Waals surface area contributed by atoms with E-state index in [9.17, 15) is 13.2 Å². The molecule has 0 fully saturated rings. The van der Waals surface area contributed by atoms with Crippen LogP contribution in [-0.4, -0.2) is 20.9 Å². The van der Waals surface area contributed by atoms with Crippen LogP contribution in [0.5, 0.6) is 5.75 Å². The van der Waals surface area contributed by atoms with Crippen LogP contribution in [0, 0.1) is 0 Å². The summed E-state index contributed by atoms with van der Waals surface area (Å²) in [5.41, 5.74) is 0.152. The van der Waals surface area contributed by atoms with E-state index >= 15 is 0 Å². The van der Waals surface area contributed by atoms with Gasteiger partial charge in [-0.15, -0.1) is 0 Å². The number of rotatable bonds is 4. The molecule has 1 aliphatic rings. The molecule has 17 heavy (non-hydrogen) atoms. The SMILES string of the molecule is CCCCOc1ccc2c(c1)C(=O)NS2(=O)=O. The summed E-state index contributed by atoms with van der Waals surface area (Å²) >= 11 is 0. The van der Waals surface area contributed by atoms with E-state index in [0.717, 1.165) is 12.8 Å². The van der Waals surface area contributed by atoms with Crippen LogP contribution in [0.4, 0.5) is 0 Å². The molecule has 0 unspecified atom stereocenters. The summed E-state index contributed by atoms with van der Waals surface area (Å²) in [6, 6.07) is 4.42. The van der Waals surface area contributed by atoms with E-state index < -0.39 is 15.9 Å². The van der Waals surface area contributed by atoms with E-state index in [0.29, 0.717) is 12.4 Å². The van der Waals surface area contributed by atoms with Crippen molar-refractivity contribution in [3.05, 3.63) is 23.8 Å². The fourth-order valence-corrected chi connectivity index (χ4v) is 2.73. The topological polar surface area (TPSA) is 72.5 Å². The number of benzene rings is 1. The molecular formula is C11H13NO4S. The molecule has 0 saturated heterocycles. The third-order valence-electron chi connectivity index (χ3n) is 2.48. The van der Waals surface area contributed by atoms with Crippen LogP contribution in [0.2, 0.25) is 0 Å². The molecule has 1 N–H and O–H groups in total. The molecule has 0 aromatic heterocycles. The summed E-state index contributed by atoms with van der Waals surface area (Å²) in [6.45, 7) is 2.61. The van der Waals surface area contributed by atoms with Crippen molar-refractivity contribution >= 4 is 15.9 Å². The Morgan fingerprint density at radius 3 is 2.82 bits per heavy atom. The van der Waals surface area contributed by atoms with Gasteiger partial charge in [-0.2, -0.15) is 0 Å². The molecular weight excluding hydrogens is 242 g/mol. The largest absolute Gasteiger partial charge is 0.494 e. The van der Waals surface area contributed by atoms with Crippen molar-refractivity contribution in [2.24, 2.45) is 0 Å². The number of hydrogen-bond acceptors (Lipinski definition) is 4. The lowest BCUT2D eigenvalue weighted by molar-refractivity contribution is 0.0984. The zero-order chi connectivity index (χ0) is 12.5. The molecule has 2 rings (SSSR count). The Morgan fingerprint density at radius 1 is 1.35 bits per heavy atom. The smallest absolute Gasteiger partial charge is 0.266 e. The molecule has 1 aromatic rings. The number of nitrogens with one attached hydrogen (secondary N) is 1. The lowest BCUT2D eigenvalue weighted by atomic mass is 10.2. The molecule has 0 spiro atoms. The maximum atomic E-state index is 11.5. The average molecular weight is 255 g/mol. The Bertz CT molecular complexity index is 551. The lowest BCUT2D eigenvalue weighted by Crippen LogP contribution is -2.20. The number of fused-ring (bicyclic) bond motifs is 1. The summed E-state index contributed by atoms with van der Waals surface area (Å²) in [5, 5.41) is 0. The highest BCUT2D eigenvalue weighted by Gasteiger charge is 2.32. The first kappa shape index (κ1) is 11.9. The average Bonchev–Trinajstić information content (AvgIpc) is 2.50. The summed E-state index contributed by atoms with van der Waals surface area (Å²) < 4.78 is 30.3. The van der Waals surface area contributed by atoms with E-state index in [-0.39, 0.29) is 10.5 Å². The number of amides is 1. The quantitative estimate of drug-likeness (QED) is 0.823. The van der Waals surface area contributed by atoms with Gasteiger partial charge in [-0.3, -0.25) is 4.79 Å². The van der Waals surface area contributed by atoms with E-state index in [1.54, 1.807) is 6.07 Å². The van der Waals surface area contributed by atoms with Crippen LogP contribution in [-0.2, 0) is 10.0 Å². The van der Waals surface area contributed by atoms with Gasteiger partial charge in [-0.05, 0) is 24.6 Å². The molecule has 1 heterocycles. The second-order valence-corrected chi connectivity index (χ2v) is 5.45. The van der Waals surface area contributed by atoms with Crippen molar-refractivity contribution < 1.29 is 17.9 Å². The Hall–Kier alpha value is -1.56. The molecule has 6 heteroatoms. The first-order valence-electron chi connectivity index (χ1n) is 5.38. The fourth-order valence-electron chi connectivity index (χ4n) is 1.58. The van der Waals surface area contributed by atoms with Gasteiger partial charge in [0.25, 0.3) is 15.9 Å². The molecule has 92 valence electrons. The van der Waals surface area contributed by atoms with Crippen molar-refractivity contribution in [1.29, 1.82) is 0 Å². The predicted octanol–water partition coefficient (Wildman–Crippen LogP) is 1.30. The predicted molar refractivity (Wildman–Crippen MR) is 61.5 cm³/mol. The highest BCUT2D eigenvalue weighted by Crippen LogP contribution is 2.26. The van der Waals surface area contributed by atoms with Crippen LogP contribution in [0.25, 0.3) is 0 Å². The molecule has 0 radical (unpaired) electrons. The van der Waals surface area contributed by atoms with Crippen LogP contribution in [0.3, 0.4) is 0 Å². The minimum absolute atomic E-state index is 0.0188. The maximum absolute atomic E-state index is 11.5. The number of sulfonamides is 1. The van der Waals surface area contributed by atoms with Gasteiger partial charge in [0.15, 0.2) is 0 Å². The van der Waals surface area contributed by atoms with E-state index in [1.165, 1.54) is 12.1 Å². The van der Waals surface area contributed by atoms with Gasteiger partial charge in [-0.25, -0.2) is 13.1 Å². The molecule has 0 atom stereocenters. The number of ether oxygens (including phenoxy) is 1. The van der Waals surface area contributed by atoms with Crippen molar-refractivity contribution in [2.75, 3.05) is 6.61 Å². The van der Waals surface area contributed by atoms with Gasteiger partial charge < -0.3 is 4.74 Å². The Labute approximate surface area is 99.8 Å². The monoisotopic (exact) mass is 255 g/mol. The highest BCUT2D eigenvalue weighted by atomic mass is 32.2. The van der Waals surface area contributed by atoms with E-state index in [2.05, 4.69) is 0 Å². The van der Waals surface area contributed by atoms with Gasteiger partial charge in [0.05, 0.1) is 12.2 Å². The van der Waals surface area contributed by atoms with Crippen molar-refractivity contribution in [3.8, 4) is 5.75 Å². The number of unbranched alkanes of at least 4 members (excludes halogenated alkanes) is 1. The highest BCUT2D eigenvalue weighted by molar-refractivity contribution is 7.90. The fraction of sp³-hybridized carbons (Fsp3) is 0.364. The van der Waals surface area contributed by atoms with Crippen molar-refractivity contribution in [1.82, 2.24) is 4.72 Å². The van der Waals surface area contributed by atoms with E-state index in [4.69, 9.17) is 4.74 Å². The second-order valence-electron chi connectivity index (χ2n) is 3.79. The van der Waals surface area contributed by atoms with Crippen LogP contribution < -0.4 is 9.46 Å². The first-order valence-corrected chi connectivity index (χ1v) is 6.87. The van der Waals surface area contributed by atoms with Gasteiger partial charge in [0.1, 0.15) is 10.6 Å². The molecule has 1 aromatic carbocycles. The van der Waals surface area contributed by atoms with E-state index in [1.807, 2.05) is 11.6 Å². The summed E-state index contributed by atoms with van der Waals surface area (Å²) in [4.78, 5) is 11.4. The zero-order valence-corrected chi connectivity index (χ0v) is 10.2.